The van der Waals surface area contributed by atoms with E-state index < -0.39 is 23.0 Å². The van der Waals surface area contributed by atoms with E-state index in [1.165, 1.54) is 11.3 Å². The van der Waals surface area contributed by atoms with Gasteiger partial charge in [-0.05, 0) is 11.4 Å². The van der Waals surface area contributed by atoms with Gasteiger partial charge in [-0.15, -0.1) is 11.3 Å². The lowest BCUT2D eigenvalue weighted by Gasteiger charge is -2.05. The molecular formula is C12H4ClF3N2S. The van der Waals surface area contributed by atoms with Crippen LogP contribution in [0.1, 0.15) is 0 Å². The van der Waals surface area contributed by atoms with Gasteiger partial charge in [0.1, 0.15) is 27.4 Å². The van der Waals surface area contributed by atoms with Crippen molar-refractivity contribution >= 4 is 33.2 Å². The molecule has 0 aliphatic rings. The predicted octanol–water partition coefficient (Wildman–Crippen LogP) is 4.43. The van der Waals surface area contributed by atoms with Crippen molar-refractivity contribution in [1.82, 2.24) is 9.97 Å². The molecule has 0 atom stereocenters. The van der Waals surface area contributed by atoms with Crippen molar-refractivity contribution in [1.29, 1.82) is 0 Å². The van der Waals surface area contributed by atoms with Crippen LogP contribution < -0.4 is 0 Å². The summed E-state index contributed by atoms with van der Waals surface area (Å²) < 4.78 is 40.2. The second-order valence-electron chi connectivity index (χ2n) is 3.72. The Morgan fingerprint density at radius 1 is 1.05 bits per heavy atom. The summed E-state index contributed by atoms with van der Waals surface area (Å²) in [7, 11) is 0. The Morgan fingerprint density at radius 3 is 2.42 bits per heavy atom. The van der Waals surface area contributed by atoms with E-state index >= 15 is 0 Å². The maximum absolute atomic E-state index is 13.7. The van der Waals surface area contributed by atoms with Crippen LogP contribution in [0.3, 0.4) is 0 Å². The normalized spacial score (nSPS) is 11.2. The summed E-state index contributed by atoms with van der Waals surface area (Å²) >= 11 is 7.20. The summed E-state index contributed by atoms with van der Waals surface area (Å²) in [4.78, 5) is 8.40. The van der Waals surface area contributed by atoms with Crippen LogP contribution in [0.25, 0.3) is 21.6 Å². The number of nitrogens with zero attached hydrogens (tertiary/aromatic N) is 2. The molecule has 0 unspecified atom stereocenters. The second kappa shape index (κ2) is 4.47. The minimum absolute atomic E-state index is 0.101. The van der Waals surface area contributed by atoms with Gasteiger partial charge in [-0.3, -0.25) is 0 Å². The summed E-state index contributed by atoms with van der Waals surface area (Å²) in [6, 6.07) is 2.87. The predicted molar refractivity (Wildman–Crippen MR) is 67.7 cm³/mol. The van der Waals surface area contributed by atoms with Crippen molar-refractivity contribution in [2.45, 2.75) is 0 Å². The molecule has 3 rings (SSSR count). The molecule has 3 aromatic rings. The molecule has 0 aliphatic heterocycles. The summed E-state index contributed by atoms with van der Waals surface area (Å²) in [6.07, 6.45) is 0. The van der Waals surface area contributed by atoms with Crippen LogP contribution in [0.5, 0.6) is 0 Å². The maximum atomic E-state index is 13.7. The summed E-state index contributed by atoms with van der Waals surface area (Å²) in [5, 5.41) is 2.45. The molecule has 0 spiro atoms. The fraction of sp³-hybridized carbons (Fsp3) is 0. The molecular weight excluding hydrogens is 297 g/mol. The third-order valence-corrected chi connectivity index (χ3v) is 3.60. The van der Waals surface area contributed by atoms with Gasteiger partial charge in [0.05, 0.1) is 5.56 Å². The highest BCUT2D eigenvalue weighted by Gasteiger charge is 2.18. The Morgan fingerprint density at radius 2 is 1.74 bits per heavy atom. The molecule has 0 aliphatic carbocycles. The second-order valence-corrected chi connectivity index (χ2v) is 4.97. The molecule has 0 saturated heterocycles. The first-order chi connectivity index (χ1) is 9.06. The van der Waals surface area contributed by atoms with E-state index in [1.54, 1.807) is 11.4 Å². The molecule has 1 aromatic carbocycles. The number of benzene rings is 1. The number of thiophene rings is 1. The standard InChI is InChI=1S/C12H4ClF3N2S/c13-10-6-1-2-19-12(6)18-11(17-10)9-7(15)3-5(14)4-8(9)16/h1-4H. The molecule has 0 amide bonds. The van der Waals surface area contributed by atoms with Crippen LogP contribution >= 0.6 is 22.9 Å². The van der Waals surface area contributed by atoms with Gasteiger partial charge in [0.25, 0.3) is 0 Å². The summed E-state index contributed by atoms with van der Waals surface area (Å²) in [6.45, 7) is 0. The van der Waals surface area contributed by atoms with E-state index in [-0.39, 0.29) is 11.0 Å². The number of halogens is 4. The third-order valence-electron chi connectivity index (χ3n) is 2.51. The topological polar surface area (TPSA) is 25.8 Å². The Balaban J connectivity index is 2.30. The lowest BCUT2D eigenvalue weighted by Crippen LogP contribution is -1.97. The average molecular weight is 301 g/mol. The van der Waals surface area contributed by atoms with Gasteiger partial charge in [0.2, 0.25) is 0 Å². The molecule has 2 nitrogen and oxygen atoms in total. The molecule has 96 valence electrons. The quantitative estimate of drug-likeness (QED) is 0.621. The fourth-order valence-corrected chi connectivity index (χ4v) is 2.74. The molecule has 2 aromatic heterocycles. The average Bonchev–Trinajstić information content (AvgIpc) is 2.76. The Kier molecular flexibility index (Phi) is 2.91. The van der Waals surface area contributed by atoms with Crippen LogP contribution in [0.4, 0.5) is 13.2 Å². The van der Waals surface area contributed by atoms with Crippen molar-refractivity contribution in [3.8, 4) is 11.4 Å². The first kappa shape index (κ1) is 12.4. The molecule has 0 bridgehead atoms. The zero-order valence-electron chi connectivity index (χ0n) is 9.12. The van der Waals surface area contributed by atoms with Crippen molar-refractivity contribution in [2.24, 2.45) is 0 Å². The monoisotopic (exact) mass is 300 g/mol. The van der Waals surface area contributed by atoms with Crippen LogP contribution in [0.15, 0.2) is 23.6 Å². The van der Waals surface area contributed by atoms with Crippen molar-refractivity contribution in [3.05, 3.63) is 46.2 Å². The van der Waals surface area contributed by atoms with Crippen LogP contribution in [0, 0.1) is 17.5 Å². The van der Waals surface area contributed by atoms with E-state index in [0.717, 1.165) is 0 Å². The minimum Gasteiger partial charge on any atom is -0.217 e. The number of hydrogen-bond donors (Lipinski definition) is 0. The molecule has 19 heavy (non-hydrogen) atoms. The van der Waals surface area contributed by atoms with E-state index in [4.69, 9.17) is 11.6 Å². The summed E-state index contributed by atoms with van der Waals surface area (Å²) in [5.74, 6) is -3.33. The van der Waals surface area contributed by atoms with Crippen LogP contribution in [0.2, 0.25) is 5.15 Å². The first-order valence-electron chi connectivity index (χ1n) is 5.12. The van der Waals surface area contributed by atoms with Crippen molar-refractivity contribution < 1.29 is 13.2 Å². The van der Waals surface area contributed by atoms with Crippen LogP contribution in [-0.4, -0.2) is 9.97 Å². The Labute approximate surface area is 114 Å². The molecule has 2 heterocycles. The van der Waals surface area contributed by atoms with E-state index in [2.05, 4.69) is 9.97 Å². The van der Waals surface area contributed by atoms with Crippen molar-refractivity contribution in [2.75, 3.05) is 0 Å². The smallest absolute Gasteiger partial charge is 0.168 e. The maximum Gasteiger partial charge on any atom is 0.168 e. The molecule has 0 radical (unpaired) electrons. The number of aromatic nitrogens is 2. The molecule has 0 saturated carbocycles. The SMILES string of the molecule is Fc1cc(F)c(-c2nc(Cl)c3ccsc3n2)c(F)c1. The number of hydrogen-bond acceptors (Lipinski definition) is 3. The third kappa shape index (κ3) is 2.06. The van der Waals surface area contributed by atoms with Gasteiger partial charge in [0.15, 0.2) is 5.82 Å². The highest BCUT2D eigenvalue weighted by Crippen LogP contribution is 2.30. The van der Waals surface area contributed by atoms with E-state index in [0.29, 0.717) is 22.3 Å². The fourth-order valence-electron chi connectivity index (χ4n) is 1.69. The van der Waals surface area contributed by atoms with Gasteiger partial charge >= 0.3 is 0 Å². The first-order valence-corrected chi connectivity index (χ1v) is 6.37. The zero-order valence-corrected chi connectivity index (χ0v) is 10.7. The lowest BCUT2D eigenvalue weighted by molar-refractivity contribution is 0.547. The van der Waals surface area contributed by atoms with Gasteiger partial charge in [-0.2, -0.15) is 0 Å². The van der Waals surface area contributed by atoms with E-state index in [9.17, 15) is 13.2 Å². The highest BCUT2D eigenvalue weighted by atomic mass is 35.5. The van der Waals surface area contributed by atoms with Crippen molar-refractivity contribution in [3.63, 3.8) is 0 Å². The lowest BCUT2D eigenvalue weighted by atomic mass is 10.1. The summed E-state index contributed by atoms with van der Waals surface area (Å²) in [5.41, 5.74) is -0.487. The van der Waals surface area contributed by atoms with Gasteiger partial charge in [-0.1, -0.05) is 11.6 Å². The number of fused-ring (bicyclic) bond motifs is 1. The van der Waals surface area contributed by atoms with E-state index in [1.807, 2.05) is 0 Å². The Hall–Kier alpha value is -1.66. The molecule has 0 fully saturated rings. The van der Waals surface area contributed by atoms with Gasteiger partial charge in [0, 0.05) is 17.5 Å². The largest absolute Gasteiger partial charge is 0.217 e. The molecule has 7 heteroatoms. The minimum atomic E-state index is -1.07. The number of rotatable bonds is 1. The highest BCUT2D eigenvalue weighted by molar-refractivity contribution is 7.16. The van der Waals surface area contributed by atoms with Gasteiger partial charge < -0.3 is 0 Å². The zero-order chi connectivity index (χ0) is 13.6. The van der Waals surface area contributed by atoms with Crippen LogP contribution in [-0.2, 0) is 0 Å². The molecule has 0 N–H and O–H groups in total. The Bertz CT molecular complexity index is 765. The van der Waals surface area contributed by atoms with Gasteiger partial charge in [-0.25, -0.2) is 23.1 Å².